The van der Waals surface area contributed by atoms with Crippen LogP contribution < -0.4 is 25.9 Å². The average molecular weight is 371 g/mol. The predicted molar refractivity (Wildman–Crippen MR) is 65.5 cm³/mol. The van der Waals surface area contributed by atoms with Crippen molar-refractivity contribution in [2.75, 3.05) is 7.11 Å². The van der Waals surface area contributed by atoms with Gasteiger partial charge >= 0.3 is 121 Å². The van der Waals surface area contributed by atoms with Crippen LogP contribution in [0.15, 0.2) is 42.5 Å². The summed E-state index contributed by atoms with van der Waals surface area (Å²) in [7, 11) is 1.53. The van der Waals surface area contributed by atoms with Gasteiger partial charge in [0.2, 0.25) is 0 Å². The van der Waals surface area contributed by atoms with Crippen molar-refractivity contribution < 1.29 is 40.9 Å². The number of hydrogen-bond acceptors (Lipinski definition) is 3. The molecule has 2 rings (SSSR count). The molecule has 0 bridgehead atoms. The van der Waals surface area contributed by atoms with Gasteiger partial charge in [-0.1, -0.05) is 0 Å². The third-order valence-corrected chi connectivity index (χ3v) is 5.44. The number of carbonyl (C=O) groups is 1. The minimum atomic E-state index is -0.923. The van der Waals surface area contributed by atoms with Crippen LogP contribution in [0, 0.1) is 7.14 Å². The molecule has 0 radical (unpaired) electrons. The quantitative estimate of drug-likeness (QED) is 0.693. The van der Waals surface area contributed by atoms with Gasteiger partial charge in [-0.05, 0) is 0 Å². The Bertz CT molecular complexity index is 610. The van der Waals surface area contributed by atoms with Gasteiger partial charge in [0.25, 0.3) is 0 Å². The van der Waals surface area contributed by atoms with E-state index in [-0.39, 0.29) is 5.75 Å². The molecule has 2 aromatic carbocycles. The Labute approximate surface area is 120 Å². The first-order chi connectivity index (χ1) is 9.11. The van der Waals surface area contributed by atoms with Gasteiger partial charge in [-0.2, -0.15) is 0 Å². The topological polar surface area (TPSA) is 66.8 Å². The van der Waals surface area contributed by atoms with E-state index in [1.165, 1.54) is 7.11 Å². The number of methoxy groups -OCH3 is 1. The van der Waals surface area contributed by atoms with Gasteiger partial charge in [-0.25, -0.2) is 0 Å². The number of halogens is 1. The second-order valence-electron chi connectivity index (χ2n) is 3.70. The monoisotopic (exact) mass is 371 g/mol. The molecule has 0 saturated carbocycles. The van der Waals surface area contributed by atoms with Gasteiger partial charge in [0.05, 0.1) is 0 Å². The van der Waals surface area contributed by atoms with Crippen molar-refractivity contribution in [3.63, 3.8) is 0 Å². The van der Waals surface area contributed by atoms with Gasteiger partial charge in [0.15, 0.2) is 0 Å². The number of aromatic hydroxyl groups is 1. The minimum absolute atomic E-state index is 0.135. The van der Waals surface area contributed by atoms with Crippen LogP contribution in [0.4, 0.5) is 0 Å². The Morgan fingerprint density at radius 2 is 1.89 bits per heavy atom. The normalized spacial score (nSPS) is 10.4. The summed E-state index contributed by atoms with van der Waals surface area (Å²) in [6, 6.07) is 11.9. The molecule has 0 aliphatic rings. The second-order valence-corrected chi connectivity index (χ2v) is 6.56. The van der Waals surface area contributed by atoms with Crippen molar-refractivity contribution >= 4 is 5.97 Å². The Balaban J connectivity index is 2.39. The van der Waals surface area contributed by atoms with E-state index < -0.39 is 27.2 Å². The molecule has 4 nitrogen and oxygen atoms in total. The van der Waals surface area contributed by atoms with E-state index in [2.05, 4.69) is 0 Å². The van der Waals surface area contributed by atoms with Crippen LogP contribution in [-0.2, 0) is 0 Å². The first-order valence-corrected chi connectivity index (χ1v) is 7.61. The van der Waals surface area contributed by atoms with Crippen molar-refractivity contribution in [3.05, 3.63) is 55.2 Å². The van der Waals surface area contributed by atoms with Crippen molar-refractivity contribution in [2.24, 2.45) is 0 Å². The Morgan fingerprint density at radius 3 is 2.58 bits per heavy atom. The number of rotatable bonds is 4. The molecular formula is C14H12IO4-. The van der Waals surface area contributed by atoms with Gasteiger partial charge in [0, 0.05) is 0 Å². The van der Waals surface area contributed by atoms with Crippen LogP contribution in [0.3, 0.4) is 0 Å². The Kier molecular flexibility index (Phi) is 4.26. The van der Waals surface area contributed by atoms with Crippen molar-refractivity contribution in [1.82, 2.24) is 0 Å². The van der Waals surface area contributed by atoms with E-state index in [0.717, 1.165) is 7.14 Å². The second kappa shape index (κ2) is 5.92. The summed E-state index contributed by atoms with van der Waals surface area (Å²) in [5, 5.41) is 18.6. The number of phenols is 1. The Morgan fingerprint density at radius 1 is 1.16 bits per heavy atom. The van der Waals surface area contributed by atoms with E-state index in [1.807, 2.05) is 12.1 Å². The summed E-state index contributed by atoms with van der Waals surface area (Å²) >= 11 is -0.684. The van der Waals surface area contributed by atoms with E-state index in [4.69, 9.17) is 9.84 Å². The number of carboxylic acids is 1. The molecular weight excluding hydrogens is 359 g/mol. The maximum absolute atomic E-state index is 11.2. The fraction of sp³-hybridized carbons (Fsp3) is 0.0714. The first kappa shape index (κ1) is 13.7. The summed E-state index contributed by atoms with van der Waals surface area (Å²) in [6.07, 6.45) is 0. The fourth-order valence-electron chi connectivity index (χ4n) is 1.55. The number of aromatic carboxylic acids is 1. The zero-order valence-electron chi connectivity index (χ0n) is 10.1. The van der Waals surface area contributed by atoms with Crippen molar-refractivity contribution in [3.8, 4) is 11.5 Å². The standard InChI is InChI=1S/C14H12IO4/c1-19-13-8-9(16)6-7-12(13)15-11-5-3-2-4-10(11)14(17)18/h2-8,16H,1H3,(H,17,18)/q-1. The van der Waals surface area contributed by atoms with Crippen LogP contribution in [0.2, 0.25) is 0 Å². The molecule has 2 N–H and O–H groups in total. The summed E-state index contributed by atoms with van der Waals surface area (Å²) in [4.78, 5) is 11.2. The van der Waals surface area contributed by atoms with Crippen LogP contribution in [-0.4, -0.2) is 23.3 Å². The summed E-state index contributed by atoms with van der Waals surface area (Å²) < 4.78 is 6.97. The maximum atomic E-state index is 11.2. The van der Waals surface area contributed by atoms with E-state index >= 15 is 0 Å². The number of benzene rings is 2. The average Bonchev–Trinajstić information content (AvgIpc) is 2.41. The molecule has 100 valence electrons. The molecule has 0 aliphatic heterocycles. The molecule has 0 spiro atoms. The molecule has 0 aromatic heterocycles. The summed E-state index contributed by atoms with van der Waals surface area (Å²) in [5.74, 6) is -0.197. The summed E-state index contributed by atoms with van der Waals surface area (Å²) in [5.41, 5.74) is 0.324. The van der Waals surface area contributed by atoms with Crippen molar-refractivity contribution in [1.29, 1.82) is 0 Å². The van der Waals surface area contributed by atoms with Gasteiger partial charge in [-0.3, -0.25) is 0 Å². The van der Waals surface area contributed by atoms with Crippen molar-refractivity contribution in [2.45, 2.75) is 0 Å². The molecule has 19 heavy (non-hydrogen) atoms. The summed E-state index contributed by atoms with van der Waals surface area (Å²) in [6.45, 7) is 0. The van der Waals surface area contributed by atoms with E-state index in [1.54, 1.807) is 30.3 Å². The zero-order chi connectivity index (χ0) is 13.8. The fourth-order valence-corrected chi connectivity index (χ4v) is 4.27. The molecule has 0 fully saturated rings. The van der Waals surface area contributed by atoms with Crippen LogP contribution >= 0.6 is 0 Å². The number of hydrogen-bond donors (Lipinski definition) is 2. The van der Waals surface area contributed by atoms with Crippen LogP contribution in [0.5, 0.6) is 11.5 Å². The molecule has 0 atom stereocenters. The Hall–Kier alpha value is -1.76. The number of phenolic OH excluding ortho intramolecular Hbond substituents is 1. The predicted octanol–water partition coefficient (Wildman–Crippen LogP) is -0.773. The SMILES string of the molecule is COc1cc(O)ccc1[I-]c1ccccc1C(=O)O. The van der Waals surface area contributed by atoms with Crippen LogP contribution in [0.25, 0.3) is 0 Å². The molecule has 2 aromatic rings. The van der Waals surface area contributed by atoms with Gasteiger partial charge < -0.3 is 0 Å². The van der Waals surface area contributed by atoms with E-state index in [9.17, 15) is 9.90 Å². The number of carboxylic acid groups (broad SMARTS) is 1. The van der Waals surface area contributed by atoms with Gasteiger partial charge in [0.1, 0.15) is 0 Å². The zero-order valence-corrected chi connectivity index (χ0v) is 12.3. The third-order valence-electron chi connectivity index (χ3n) is 2.44. The van der Waals surface area contributed by atoms with E-state index in [0.29, 0.717) is 11.3 Å². The molecule has 0 amide bonds. The van der Waals surface area contributed by atoms with Gasteiger partial charge in [-0.15, -0.1) is 0 Å². The molecule has 0 saturated heterocycles. The third kappa shape index (κ3) is 3.17. The molecule has 5 heteroatoms. The molecule has 0 aliphatic carbocycles. The first-order valence-electron chi connectivity index (χ1n) is 5.46. The molecule has 0 heterocycles. The van der Waals surface area contributed by atoms with Crippen LogP contribution in [0.1, 0.15) is 10.4 Å². The number of ether oxygens (including phenoxy) is 1. The molecule has 0 unspecified atom stereocenters.